The maximum absolute atomic E-state index is 5.98. The largest absolute Gasteiger partial charge is 0.493 e. The number of rotatable bonds is 4. The number of benzene rings is 2. The minimum Gasteiger partial charge on any atom is -0.493 e. The highest BCUT2D eigenvalue weighted by molar-refractivity contribution is 5.79. The maximum atomic E-state index is 5.98. The van der Waals surface area contributed by atoms with Gasteiger partial charge in [-0.25, -0.2) is 0 Å². The first-order valence-corrected chi connectivity index (χ1v) is 9.24. The van der Waals surface area contributed by atoms with Crippen molar-refractivity contribution in [2.75, 3.05) is 26.7 Å². The molecular formula is C21H25N3O2. The van der Waals surface area contributed by atoms with E-state index in [4.69, 9.17) is 9.47 Å². The molecule has 26 heavy (non-hydrogen) atoms. The standard InChI is InChI=1S/C21H25N3O2/c1-22-21(24-14-17-12-15-6-2-4-8-19(15)26-17)23-13-16-10-11-25-20-9-5-3-7-18(16)20/h2-9,16-17H,10-14H2,1H3,(H2,22,23,24). The number of nitrogens with zero attached hydrogens (tertiary/aromatic N) is 1. The minimum atomic E-state index is 0.148. The summed E-state index contributed by atoms with van der Waals surface area (Å²) in [7, 11) is 1.80. The average Bonchev–Trinajstić information content (AvgIpc) is 3.11. The molecule has 0 aliphatic carbocycles. The molecule has 0 saturated heterocycles. The molecule has 0 amide bonds. The van der Waals surface area contributed by atoms with Gasteiger partial charge in [0.25, 0.3) is 0 Å². The van der Waals surface area contributed by atoms with Gasteiger partial charge in [0.1, 0.15) is 17.6 Å². The van der Waals surface area contributed by atoms with Gasteiger partial charge in [-0.2, -0.15) is 0 Å². The lowest BCUT2D eigenvalue weighted by Gasteiger charge is -2.26. The Hall–Kier alpha value is -2.69. The number of hydrogen-bond donors (Lipinski definition) is 2. The van der Waals surface area contributed by atoms with Crippen molar-refractivity contribution in [3.63, 3.8) is 0 Å². The number of hydrogen-bond acceptors (Lipinski definition) is 3. The molecule has 0 aromatic heterocycles. The Morgan fingerprint density at radius 1 is 1.04 bits per heavy atom. The van der Waals surface area contributed by atoms with E-state index in [1.807, 2.05) is 24.3 Å². The van der Waals surface area contributed by atoms with Crippen LogP contribution in [0, 0.1) is 0 Å². The van der Waals surface area contributed by atoms with Gasteiger partial charge in [-0.3, -0.25) is 4.99 Å². The first kappa shape index (κ1) is 16.8. The van der Waals surface area contributed by atoms with Gasteiger partial charge in [-0.1, -0.05) is 36.4 Å². The molecule has 2 aliphatic rings. The number of para-hydroxylation sites is 2. The number of nitrogens with one attached hydrogen (secondary N) is 2. The molecular weight excluding hydrogens is 326 g/mol. The van der Waals surface area contributed by atoms with E-state index in [9.17, 15) is 0 Å². The van der Waals surface area contributed by atoms with Gasteiger partial charge in [0, 0.05) is 25.9 Å². The second-order valence-electron chi connectivity index (χ2n) is 6.76. The van der Waals surface area contributed by atoms with E-state index >= 15 is 0 Å². The fourth-order valence-electron chi connectivity index (χ4n) is 3.65. The third kappa shape index (κ3) is 3.62. The van der Waals surface area contributed by atoms with E-state index in [0.717, 1.165) is 50.0 Å². The second-order valence-corrected chi connectivity index (χ2v) is 6.76. The maximum Gasteiger partial charge on any atom is 0.191 e. The van der Waals surface area contributed by atoms with Crippen molar-refractivity contribution in [2.24, 2.45) is 4.99 Å². The van der Waals surface area contributed by atoms with Gasteiger partial charge in [0.05, 0.1) is 13.2 Å². The first-order valence-electron chi connectivity index (χ1n) is 9.24. The molecule has 4 rings (SSSR count). The van der Waals surface area contributed by atoms with Crippen LogP contribution in [0.3, 0.4) is 0 Å². The molecule has 5 heteroatoms. The summed E-state index contributed by atoms with van der Waals surface area (Å²) in [6.45, 7) is 2.34. The molecule has 0 saturated carbocycles. The summed E-state index contributed by atoms with van der Waals surface area (Å²) in [5.41, 5.74) is 2.55. The molecule has 0 radical (unpaired) electrons. The molecule has 2 atom stereocenters. The van der Waals surface area contributed by atoms with Crippen LogP contribution in [0.4, 0.5) is 0 Å². The van der Waals surface area contributed by atoms with Crippen molar-refractivity contribution in [2.45, 2.75) is 24.9 Å². The van der Waals surface area contributed by atoms with Crippen LogP contribution < -0.4 is 20.1 Å². The van der Waals surface area contributed by atoms with E-state index in [2.05, 4.69) is 39.9 Å². The van der Waals surface area contributed by atoms with Crippen LogP contribution in [0.2, 0.25) is 0 Å². The fourth-order valence-corrected chi connectivity index (χ4v) is 3.65. The summed E-state index contributed by atoms with van der Waals surface area (Å²) in [5.74, 6) is 3.26. The van der Waals surface area contributed by atoms with Crippen molar-refractivity contribution in [1.29, 1.82) is 0 Å². The topological polar surface area (TPSA) is 54.9 Å². The number of fused-ring (bicyclic) bond motifs is 2. The predicted octanol–water partition coefficient (Wildman–Crippen LogP) is 2.72. The molecule has 2 heterocycles. The van der Waals surface area contributed by atoms with E-state index < -0.39 is 0 Å². The summed E-state index contributed by atoms with van der Waals surface area (Å²) < 4.78 is 11.7. The Kier molecular flexibility index (Phi) is 4.95. The average molecular weight is 351 g/mol. The summed E-state index contributed by atoms with van der Waals surface area (Å²) in [4.78, 5) is 4.35. The highest BCUT2D eigenvalue weighted by Crippen LogP contribution is 2.32. The molecule has 0 bridgehead atoms. The molecule has 2 aromatic rings. The Morgan fingerprint density at radius 3 is 2.65 bits per heavy atom. The third-order valence-electron chi connectivity index (χ3n) is 5.03. The van der Waals surface area contributed by atoms with E-state index in [1.54, 1.807) is 7.05 Å². The van der Waals surface area contributed by atoms with Gasteiger partial charge in [-0.05, 0) is 29.7 Å². The molecule has 2 unspecified atom stereocenters. The number of guanidine groups is 1. The zero-order valence-corrected chi connectivity index (χ0v) is 15.1. The smallest absolute Gasteiger partial charge is 0.191 e. The molecule has 2 N–H and O–H groups in total. The molecule has 2 aromatic carbocycles. The molecule has 5 nitrogen and oxygen atoms in total. The second kappa shape index (κ2) is 7.68. The summed E-state index contributed by atoms with van der Waals surface area (Å²) in [6.07, 6.45) is 2.10. The predicted molar refractivity (Wildman–Crippen MR) is 103 cm³/mol. The van der Waals surface area contributed by atoms with Crippen LogP contribution in [0.5, 0.6) is 11.5 Å². The van der Waals surface area contributed by atoms with Crippen molar-refractivity contribution in [3.05, 3.63) is 59.7 Å². The van der Waals surface area contributed by atoms with Crippen LogP contribution in [0.15, 0.2) is 53.5 Å². The summed E-state index contributed by atoms with van der Waals surface area (Å²) in [5, 5.41) is 6.85. The zero-order valence-electron chi connectivity index (χ0n) is 15.1. The van der Waals surface area contributed by atoms with Crippen molar-refractivity contribution < 1.29 is 9.47 Å². The van der Waals surface area contributed by atoms with Crippen LogP contribution >= 0.6 is 0 Å². The van der Waals surface area contributed by atoms with Crippen molar-refractivity contribution in [1.82, 2.24) is 10.6 Å². The quantitative estimate of drug-likeness (QED) is 0.657. The lowest BCUT2D eigenvalue weighted by atomic mass is 9.93. The normalized spacial score (nSPS) is 21.2. The van der Waals surface area contributed by atoms with Crippen LogP contribution in [0.25, 0.3) is 0 Å². The van der Waals surface area contributed by atoms with Gasteiger partial charge < -0.3 is 20.1 Å². The van der Waals surface area contributed by atoms with Crippen molar-refractivity contribution in [3.8, 4) is 11.5 Å². The molecule has 136 valence electrons. The fraction of sp³-hybridized carbons (Fsp3) is 0.381. The highest BCUT2D eigenvalue weighted by atomic mass is 16.5. The first-order chi connectivity index (χ1) is 12.8. The Balaban J connectivity index is 1.29. The monoisotopic (exact) mass is 351 g/mol. The lowest BCUT2D eigenvalue weighted by molar-refractivity contribution is 0.234. The van der Waals surface area contributed by atoms with Gasteiger partial charge in [0.15, 0.2) is 5.96 Å². The molecule has 0 spiro atoms. The van der Waals surface area contributed by atoms with Crippen LogP contribution in [0.1, 0.15) is 23.5 Å². The zero-order chi connectivity index (χ0) is 17.8. The minimum absolute atomic E-state index is 0.148. The SMILES string of the molecule is CN=C(NCC1Cc2ccccc2O1)NCC1CCOc2ccccc21. The van der Waals surface area contributed by atoms with Gasteiger partial charge in [-0.15, -0.1) is 0 Å². The Morgan fingerprint density at radius 2 is 1.81 bits per heavy atom. The highest BCUT2D eigenvalue weighted by Gasteiger charge is 2.23. The molecule has 2 aliphatic heterocycles. The summed E-state index contributed by atoms with van der Waals surface area (Å²) >= 11 is 0. The van der Waals surface area contributed by atoms with E-state index in [-0.39, 0.29) is 6.10 Å². The third-order valence-corrected chi connectivity index (χ3v) is 5.03. The number of aliphatic imine (C=N–C) groups is 1. The van der Waals surface area contributed by atoms with E-state index in [0.29, 0.717) is 5.92 Å². The van der Waals surface area contributed by atoms with Gasteiger partial charge in [0.2, 0.25) is 0 Å². The molecule has 0 fully saturated rings. The summed E-state index contributed by atoms with van der Waals surface area (Å²) in [6, 6.07) is 16.5. The van der Waals surface area contributed by atoms with Crippen LogP contribution in [-0.2, 0) is 6.42 Å². The number of ether oxygens (including phenoxy) is 2. The Labute approximate surface area is 154 Å². The van der Waals surface area contributed by atoms with E-state index in [1.165, 1.54) is 11.1 Å². The van der Waals surface area contributed by atoms with Crippen LogP contribution in [-0.4, -0.2) is 38.8 Å². The Bertz CT molecular complexity index is 765. The van der Waals surface area contributed by atoms with Crippen molar-refractivity contribution >= 4 is 5.96 Å². The van der Waals surface area contributed by atoms with Gasteiger partial charge >= 0.3 is 0 Å². The lowest BCUT2D eigenvalue weighted by Crippen LogP contribution is -2.43.